The van der Waals surface area contributed by atoms with Crippen LogP contribution in [-0.4, -0.2) is 18.2 Å². The fourth-order valence-corrected chi connectivity index (χ4v) is 1.60. The number of nitrogens with zero attached hydrogens (tertiary/aromatic N) is 2. The first-order valence-corrected chi connectivity index (χ1v) is 5.94. The second-order valence-electron chi connectivity index (χ2n) is 4.10. The summed E-state index contributed by atoms with van der Waals surface area (Å²) in [5, 5.41) is 15.1. The Hall–Kier alpha value is -2.65. The van der Waals surface area contributed by atoms with E-state index in [1.54, 1.807) is 24.3 Å². The van der Waals surface area contributed by atoms with E-state index in [1.807, 2.05) is 6.07 Å². The van der Waals surface area contributed by atoms with E-state index in [9.17, 15) is 4.79 Å². The Kier molecular flexibility index (Phi) is 4.47. The summed E-state index contributed by atoms with van der Waals surface area (Å²) < 4.78 is 9.82. The lowest BCUT2D eigenvalue weighted by Crippen LogP contribution is -2.23. The number of ether oxygens (including phenoxy) is 1. The van der Waals surface area contributed by atoms with Crippen molar-refractivity contribution in [3.05, 3.63) is 52.9 Å². The summed E-state index contributed by atoms with van der Waals surface area (Å²) in [6, 6.07) is 10.6. The molecule has 0 atom stereocenters. The summed E-state index contributed by atoms with van der Waals surface area (Å²) in [5.41, 5.74) is 1.70. The third kappa shape index (κ3) is 3.43. The lowest BCUT2D eigenvalue weighted by atomic mass is 10.1. The van der Waals surface area contributed by atoms with E-state index in [1.165, 1.54) is 13.2 Å². The molecule has 102 valence electrons. The van der Waals surface area contributed by atoms with Gasteiger partial charge in [-0.25, -0.2) is 0 Å². The molecule has 6 nitrogen and oxygen atoms in total. The summed E-state index contributed by atoms with van der Waals surface area (Å²) in [6.45, 7) is 0.632. The average Bonchev–Trinajstić information content (AvgIpc) is 2.94. The van der Waals surface area contributed by atoms with Gasteiger partial charge in [-0.3, -0.25) is 4.79 Å². The molecule has 1 amide bonds. The predicted molar refractivity (Wildman–Crippen MR) is 69.5 cm³/mol. The number of amides is 1. The Morgan fingerprint density at radius 2 is 2.20 bits per heavy atom. The van der Waals surface area contributed by atoms with Crippen molar-refractivity contribution in [3.8, 4) is 6.07 Å². The topological polar surface area (TPSA) is 88.1 Å². The van der Waals surface area contributed by atoms with Gasteiger partial charge in [0.2, 0.25) is 0 Å². The molecule has 0 unspecified atom stereocenters. The zero-order chi connectivity index (χ0) is 14.4. The third-order valence-electron chi connectivity index (χ3n) is 2.61. The molecular weight excluding hydrogens is 258 g/mol. The molecule has 0 bridgehead atoms. The fraction of sp³-hybridized carbons (Fsp3) is 0.214. The van der Waals surface area contributed by atoms with Crippen LogP contribution in [0.3, 0.4) is 0 Å². The van der Waals surface area contributed by atoms with Crippen LogP contribution in [0.4, 0.5) is 0 Å². The molecule has 1 aromatic carbocycles. The molecule has 0 aliphatic rings. The number of benzene rings is 1. The molecule has 0 saturated carbocycles. The number of hydrogen-bond acceptors (Lipinski definition) is 5. The second-order valence-corrected chi connectivity index (χ2v) is 4.10. The minimum atomic E-state index is -0.319. The smallest absolute Gasteiger partial charge is 0.273 e. The first kappa shape index (κ1) is 13.8. The van der Waals surface area contributed by atoms with Crippen LogP contribution in [-0.2, 0) is 17.9 Å². The lowest BCUT2D eigenvalue weighted by molar-refractivity contribution is 0.0941. The van der Waals surface area contributed by atoms with Crippen LogP contribution in [0.1, 0.15) is 27.4 Å². The summed E-state index contributed by atoms with van der Waals surface area (Å²) in [7, 11) is 1.53. The molecule has 0 radical (unpaired) electrons. The number of carbonyl (C=O) groups is 1. The standard InChI is InChI=1S/C14H13N3O3/c1-19-9-12-6-13(17-20-12)14(18)16-8-11-4-2-10(7-15)3-5-11/h2-6H,8-9H2,1H3,(H,16,18). The molecule has 0 spiro atoms. The van der Waals surface area contributed by atoms with Crippen LogP contribution in [0, 0.1) is 11.3 Å². The van der Waals surface area contributed by atoms with Gasteiger partial charge in [0.05, 0.1) is 11.6 Å². The molecular formula is C14H13N3O3. The summed E-state index contributed by atoms with van der Waals surface area (Å²) in [4.78, 5) is 11.8. The van der Waals surface area contributed by atoms with E-state index in [2.05, 4.69) is 10.5 Å². The monoisotopic (exact) mass is 271 g/mol. The number of aromatic nitrogens is 1. The number of hydrogen-bond donors (Lipinski definition) is 1. The number of rotatable bonds is 5. The Bertz CT molecular complexity index is 626. The lowest BCUT2D eigenvalue weighted by Gasteiger charge is -2.02. The molecule has 6 heteroatoms. The molecule has 0 saturated heterocycles. The molecule has 2 aromatic rings. The largest absolute Gasteiger partial charge is 0.377 e. The maximum absolute atomic E-state index is 11.8. The van der Waals surface area contributed by atoms with Crippen LogP contribution in [0.15, 0.2) is 34.9 Å². The van der Waals surface area contributed by atoms with Gasteiger partial charge in [0.15, 0.2) is 11.5 Å². The first-order chi connectivity index (χ1) is 9.72. The summed E-state index contributed by atoms with van der Waals surface area (Å²) in [5.74, 6) is 0.177. The highest BCUT2D eigenvalue weighted by molar-refractivity contribution is 5.92. The van der Waals surface area contributed by atoms with E-state index in [-0.39, 0.29) is 18.2 Å². The van der Waals surface area contributed by atoms with Gasteiger partial charge in [-0.2, -0.15) is 5.26 Å². The quantitative estimate of drug-likeness (QED) is 0.892. The molecule has 0 aliphatic carbocycles. The first-order valence-electron chi connectivity index (χ1n) is 5.94. The van der Waals surface area contributed by atoms with E-state index in [0.29, 0.717) is 17.9 Å². The molecule has 1 aromatic heterocycles. The van der Waals surface area contributed by atoms with E-state index in [4.69, 9.17) is 14.5 Å². The summed E-state index contributed by atoms with van der Waals surface area (Å²) in [6.07, 6.45) is 0. The predicted octanol–water partition coefficient (Wildman–Crippen LogP) is 1.62. The minimum Gasteiger partial charge on any atom is -0.377 e. The highest BCUT2D eigenvalue weighted by atomic mass is 16.5. The van der Waals surface area contributed by atoms with Crippen molar-refractivity contribution in [1.29, 1.82) is 5.26 Å². The van der Waals surface area contributed by atoms with Gasteiger partial charge in [-0.1, -0.05) is 17.3 Å². The van der Waals surface area contributed by atoms with E-state index in [0.717, 1.165) is 5.56 Å². The Balaban J connectivity index is 1.92. The van der Waals surface area contributed by atoms with Gasteiger partial charge >= 0.3 is 0 Å². The normalized spacial score (nSPS) is 10.0. The van der Waals surface area contributed by atoms with E-state index < -0.39 is 0 Å². The minimum absolute atomic E-state index is 0.214. The van der Waals surface area contributed by atoms with Crippen LogP contribution >= 0.6 is 0 Å². The van der Waals surface area contributed by atoms with Crippen LogP contribution in [0.5, 0.6) is 0 Å². The number of carbonyl (C=O) groups excluding carboxylic acids is 1. The third-order valence-corrected chi connectivity index (χ3v) is 2.61. The van der Waals surface area contributed by atoms with Crippen LogP contribution in [0.2, 0.25) is 0 Å². The number of nitriles is 1. The molecule has 0 aliphatic heterocycles. The average molecular weight is 271 g/mol. The van der Waals surface area contributed by atoms with Gasteiger partial charge in [0.1, 0.15) is 6.61 Å². The van der Waals surface area contributed by atoms with Crippen molar-refractivity contribution in [2.75, 3.05) is 7.11 Å². The van der Waals surface area contributed by atoms with Gasteiger partial charge in [-0.05, 0) is 17.7 Å². The van der Waals surface area contributed by atoms with Gasteiger partial charge in [0, 0.05) is 19.7 Å². The SMILES string of the molecule is COCc1cc(C(=O)NCc2ccc(C#N)cc2)no1. The molecule has 2 rings (SSSR count). The Morgan fingerprint density at radius 3 is 2.85 bits per heavy atom. The molecule has 1 heterocycles. The van der Waals surface area contributed by atoms with Gasteiger partial charge in [0.25, 0.3) is 5.91 Å². The Labute approximate surface area is 115 Å². The fourth-order valence-electron chi connectivity index (χ4n) is 1.60. The molecule has 20 heavy (non-hydrogen) atoms. The maximum Gasteiger partial charge on any atom is 0.273 e. The summed E-state index contributed by atoms with van der Waals surface area (Å²) >= 11 is 0. The molecule has 1 N–H and O–H groups in total. The highest BCUT2D eigenvalue weighted by Gasteiger charge is 2.11. The van der Waals surface area contributed by atoms with Crippen molar-refractivity contribution in [2.45, 2.75) is 13.2 Å². The van der Waals surface area contributed by atoms with Crippen molar-refractivity contribution < 1.29 is 14.1 Å². The van der Waals surface area contributed by atoms with Crippen molar-refractivity contribution in [2.24, 2.45) is 0 Å². The number of nitrogens with one attached hydrogen (secondary N) is 1. The van der Waals surface area contributed by atoms with Crippen molar-refractivity contribution >= 4 is 5.91 Å². The van der Waals surface area contributed by atoms with Crippen molar-refractivity contribution in [1.82, 2.24) is 10.5 Å². The van der Waals surface area contributed by atoms with Crippen LogP contribution < -0.4 is 5.32 Å². The van der Waals surface area contributed by atoms with Crippen molar-refractivity contribution in [3.63, 3.8) is 0 Å². The second kappa shape index (κ2) is 6.50. The molecule has 0 fully saturated rings. The highest BCUT2D eigenvalue weighted by Crippen LogP contribution is 2.06. The maximum atomic E-state index is 11.8. The van der Waals surface area contributed by atoms with Gasteiger partial charge in [-0.15, -0.1) is 0 Å². The zero-order valence-corrected chi connectivity index (χ0v) is 10.9. The number of methoxy groups -OCH3 is 1. The van der Waals surface area contributed by atoms with E-state index >= 15 is 0 Å². The van der Waals surface area contributed by atoms with Crippen LogP contribution in [0.25, 0.3) is 0 Å². The zero-order valence-electron chi connectivity index (χ0n) is 10.9. The van der Waals surface area contributed by atoms with Gasteiger partial charge < -0.3 is 14.6 Å². The Morgan fingerprint density at radius 1 is 1.45 bits per heavy atom.